The summed E-state index contributed by atoms with van der Waals surface area (Å²) in [6.07, 6.45) is 0. The fourth-order valence-corrected chi connectivity index (χ4v) is 3.48. The average molecular weight is 265 g/mol. The van der Waals surface area contributed by atoms with E-state index in [0.717, 1.165) is 18.8 Å². The van der Waals surface area contributed by atoms with Crippen molar-refractivity contribution in [3.8, 4) is 0 Å². The van der Waals surface area contributed by atoms with E-state index >= 15 is 0 Å². The number of hydrogen-bond donors (Lipinski definition) is 0. The van der Waals surface area contributed by atoms with Crippen molar-refractivity contribution in [2.24, 2.45) is 0 Å². The van der Waals surface area contributed by atoms with Gasteiger partial charge in [-0.1, -0.05) is 30.3 Å². The fourth-order valence-electron chi connectivity index (χ4n) is 2.21. The van der Waals surface area contributed by atoms with Crippen LogP contribution in [0.25, 0.3) is 0 Å². The van der Waals surface area contributed by atoms with E-state index in [-0.39, 0.29) is 12.0 Å². The van der Waals surface area contributed by atoms with Crippen molar-refractivity contribution in [2.75, 3.05) is 26.0 Å². The highest BCUT2D eigenvalue weighted by atomic mass is 32.2. The lowest BCUT2D eigenvalue weighted by Gasteiger charge is -2.35. The second kappa shape index (κ2) is 6.25. The Morgan fingerprint density at radius 2 is 2.17 bits per heavy atom. The third kappa shape index (κ3) is 3.06. The Labute approximate surface area is 113 Å². The number of carbonyl (C=O) groups excluding carboxylic acids is 1. The predicted octanol–water partition coefficient (Wildman–Crippen LogP) is 2.34. The van der Waals surface area contributed by atoms with Crippen molar-refractivity contribution in [1.29, 1.82) is 0 Å². The summed E-state index contributed by atoms with van der Waals surface area (Å²) in [5.74, 6) is 0.912. The van der Waals surface area contributed by atoms with Crippen molar-refractivity contribution in [3.63, 3.8) is 0 Å². The molecule has 98 valence electrons. The molecule has 1 aliphatic heterocycles. The van der Waals surface area contributed by atoms with E-state index in [0.29, 0.717) is 5.25 Å². The standard InChI is InChI=1S/C14H19NO2S/c1-11(14(16)17-2)15-8-9-18-13(10-15)12-6-4-3-5-7-12/h3-7,11,13H,8-10H2,1-2H3. The van der Waals surface area contributed by atoms with Crippen molar-refractivity contribution in [2.45, 2.75) is 18.2 Å². The number of carbonyl (C=O) groups is 1. The smallest absolute Gasteiger partial charge is 0.322 e. The van der Waals surface area contributed by atoms with Gasteiger partial charge in [-0.25, -0.2) is 0 Å². The molecule has 18 heavy (non-hydrogen) atoms. The molecule has 0 spiro atoms. The van der Waals surface area contributed by atoms with Crippen LogP contribution in [-0.4, -0.2) is 42.9 Å². The number of ether oxygens (including phenoxy) is 1. The molecular weight excluding hydrogens is 246 g/mol. The van der Waals surface area contributed by atoms with Gasteiger partial charge in [-0.05, 0) is 12.5 Å². The molecule has 0 amide bonds. The van der Waals surface area contributed by atoms with Crippen molar-refractivity contribution >= 4 is 17.7 Å². The van der Waals surface area contributed by atoms with Gasteiger partial charge in [-0.15, -0.1) is 0 Å². The zero-order valence-electron chi connectivity index (χ0n) is 10.8. The zero-order chi connectivity index (χ0) is 13.0. The predicted molar refractivity (Wildman–Crippen MR) is 74.7 cm³/mol. The van der Waals surface area contributed by atoms with Crippen LogP contribution in [0.3, 0.4) is 0 Å². The third-order valence-corrected chi connectivity index (χ3v) is 4.60. The number of benzene rings is 1. The maximum absolute atomic E-state index is 11.6. The number of methoxy groups -OCH3 is 1. The van der Waals surface area contributed by atoms with Crippen LogP contribution in [0.15, 0.2) is 30.3 Å². The topological polar surface area (TPSA) is 29.5 Å². The lowest BCUT2D eigenvalue weighted by Crippen LogP contribution is -2.45. The maximum Gasteiger partial charge on any atom is 0.322 e. The van der Waals surface area contributed by atoms with Crippen molar-refractivity contribution < 1.29 is 9.53 Å². The molecule has 0 N–H and O–H groups in total. The van der Waals surface area contributed by atoms with Gasteiger partial charge in [0.05, 0.1) is 7.11 Å². The Balaban J connectivity index is 2.03. The summed E-state index contributed by atoms with van der Waals surface area (Å²) in [5, 5.41) is 0.451. The van der Waals surface area contributed by atoms with Crippen LogP contribution in [-0.2, 0) is 9.53 Å². The summed E-state index contributed by atoms with van der Waals surface area (Å²) in [6, 6.07) is 10.3. The van der Waals surface area contributed by atoms with E-state index in [9.17, 15) is 4.79 Å². The lowest BCUT2D eigenvalue weighted by atomic mass is 10.1. The van der Waals surface area contributed by atoms with Crippen LogP contribution in [0.1, 0.15) is 17.7 Å². The molecule has 2 atom stereocenters. The molecular formula is C14H19NO2S. The van der Waals surface area contributed by atoms with Crippen molar-refractivity contribution in [1.82, 2.24) is 4.90 Å². The van der Waals surface area contributed by atoms with E-state index in [4.69, 9.17) is 4.74 Å². The van der Waals surface area contributed by atoms with E-state index in [1.54, 1.807) is 0 Å². The first-order chi connectivity index (χ1) is 8.72. The molecule has 1 saturated heterocycles. The molecule has 1 heterocycles. The Bertz CT molecular complexity index is 396. The quantitative estimate of drug-likeness (QED) is 0.785. The number of hydrogen-bond acceptors (Lipinski definition) is 4. The molecule has 0 aromatic heterocycles. The molecule has 0 aliphatic carbocycles. The number of esters is 1. The number of thioether (sulfide) groups is 1. The van der Waals surface area contributed by atoms with E-state index in [2.05, 4.69) is 29.2 Å². The van der Waals surface area contributed by atoms with Gasteiger partial charge in [0.1, 0.15) is 6.04 Å². The average Bonchev–Trinajstić information content (AvgIpc) is 2.46. The summed E-state index contributed by atoms with van der Waals surface area (Å²) in [6.45, 7) is 3.78. The highest BCUT2D eigenvalue weighted by Gasteiger charge is 2.28. The number of rotatable bonds is 3. The Morgan fingerprint density at radius 3 is 2.83 bits per heavy atom. The Morgan fingerprint density at radius 1 is 1.44 bits per heavy atom. The highest BCUT2D eigenvalue weighted by molar-refractivity contribution is 7.99. The molecule has 4 heteroatoms. The minimum atomic E-state index is -0.151. The highest BCUT2D eigenvalue weighted by Crippen LogP contribution is 2.33. The van der Waals surface area contributed by atoms with Gasteiger partial charge < -0.3 is 4.74 Å². The van der Waals surface area contributed by atoms with E-state index in [1.165, 1.54) is 12.7 Å². The Kier molecular flexibility index (Phi) is 4.66. The molecule has 1 aliphatic rings. The molecule has 2 rings (SSSR count). The van der Waals surface area contributed by atoms with Gasteiger partial charge in [0.2, 0.25) is 0 Å². The Hall–Kier alpha value is -1.00. The molecule has 1 aromatic rings. The van der Waals surface area contributed by atoms with Gasteiger partial charge in [-0.2, -0.15) is 11.8 Å². The molecule has 2 unspecified atom stereocenters. The molecule has 1 aromatic carbocycles. The van der Waals surface area contributed by atoms with Gasteiger partial charge in [-0.3, -0.25) is 9.69 Å². The monoisotopic (exact) mass is 265 g/mol. The van der Waals surface area contributed by atoms with Gasteiger partial charge in [0, 0.05) is 24.1 Å². The van der Waals surface area contributed by atoms with E-state index in [1.807, 2.05) is 24.8 Å². The lowest BCUT2D eigenvalue weighted by molar-refractivity contribution is -0.146. The summed E-state index contributed by atoms with van der Waals surface area (Å²) >= 11 is 1.96. The molecule has 0 saturated carbocycles. The second-order valence-corrected chi connectivity index (χ2v) is 5.77. The fraction of sp³-hybridized carbons (Fsp3) is 0.500. The summed E-state index contributed by atoms with van der Waals surface area (Å²) in [4.78, 5) is 13.8. The molecule has 3 nitrogen and oxygen atoms in total. The van der Waals surface area contributed by atoms with E-state index < -0.39 is 0 Å². The van der Waals surface area contributed by atoms with Crippen LogP contribution in [0.5, 0.6) is 0 Å². The molecule has 1 fully saturated rings. The normalized spacial score (nSPS) is 22.4. The minimum absolute atomic E-state index is 0.145. The first-order valence-electron chi connectivity index (χ1n) is 6.21. The van der Waals surface area contributed by atoms with Gasteiger partial charge >= 0.3 is 5.97 Å². The zero-order valence-corrected chi connectivity index (χ0v) is 11.7. The summed E-state index contributed by atoms with van der Waals surface area (Å²) < 4.78 is 4.82. The number of nitrogens with zero attached hydrogens (tertiary/aromatic N) is 1. The summed E-state index contributed by atoms with van der Waals surface area (Å²) in [7, 11) is 1.45. The van der Waals surface area contributed by atoms with Crippen molar-refractivity contribution in [3.05, 3.63) is 35.9 Å². The van der Waals surface area contributed by atoms with Gasteiger partial charge in [0.15, 0.2) is 0 Å². The van der Waals surface area contributed by atoms with Crippen LogP contribution < -0.4 is 0 Å². The van der Waals surface area contributed by atoms with Crippen LogP contribution in [0.4, 0.5) is 0 Å². The molecule has 0 bridgehead atoms. The molecule has 0 radical (unpaired) electrons. The first kappa shape index (κ1) is 13.4. The van der Waals surface area contributed by atoms with Gasteiger partial charge in [0.25, 0.3) is 0 Å². The largest absolute Gasteiger partial charge is 0.468 e. The third-order valence-electron chi connectivity index (χ3n) is 3.36. The maximum atomic E-state index is 11.6. The van der Waals surface area contributed by atoms with Crippen LogP contribution in [0, 0.1) is 0 Å². The minimum Gasteiger partial charge on any atom is -0.468 e. The second-order valence-electron chi connectivity index (χ2n) is 4.46. The summed E-state index contributed by atoms with van der Waals surface area (Å²) in [5.41, 5.74) is 1.34. The SMILES string of the molecule is COC(=O)C(C)N1CCSC(c2ccccc2)C1. The first-order valence-corrected chi connectivity index (χ1v) is 7.25. The van der Waals surface area contributed by atoms with Crippen LogP contribution in [0.2, 0.25) is 0 Å². The van der Waals surface area contributed by atoms with Crippen LogP contribution >= 0.6 is 11.8 Å².